The van der Waals surface area contributed by atoms with E-state index in [4.69, 9.17) is 5.11 Å². The largest absolute Gasteiger partial charge is 0.478 e. The first-order valence-corrected chi connectivity index (χ1v) is 7.42. The standard InChI is InChI=1S/C14H21NO2S/c1-3-18-9-8-11(2)15-10-12-4-6-13(7-5-12)14(16)17/h4-7,11,15H,3,8-10H2,1-2H3,(H,16,17). The number of hydrogen-bond acceptors (Lipinski definition) is 3. The number of rotatable bonds is 8. The van der Waals surface area contributed by atoms with Crippen molar-refractivity contribution < 1.29 is 9.90 Å². The molecule has 100 valence electrons. The van der Waals surface area contributed by atoms with Gasteiger partial charge in [0.05, 0.1) is 5.56 Å². The molecule has 0 saturated heterocycles. The highest BCUT2D eigenvalue weighted by Gasteiger charge is 2.03. The normalized spacial score (nSPS) is 12.3. The summed E-state index contributed by atoms with van der Waals surface area (Å²) in [6.07, 6.45) is 1.16. The third-order valence-electron chi connectivity index (χ3n) is 2.75. The lowest BCUT2D eigenvalue weighted by atomic mass is 10.1. The van der Waals surface area contributed by atoms with Gasteiger partial charge in [-0.25, -0.2) is 4.79 Å². The summed E-state index contributed by atoms with van der Waals surface area (Å²) in [6.45, 7) is 5.15. The van der Waals surface area contributed by atoms with E-state index in [1.165, 1.54) is 11.5 Å². The Labute approximate surface area is 113 Å². The Bertz CT molecular complexity index is 365. The topological polar surface area (TPSA) is 49.3 Å². The third-order valence-corrected chi connectivity index (χ3v) is 3.69. The molecule has 0 amide bonds. The summed E-state index contributed by atoms with van der Waals surface area (Å²) in [6, 6.07) is 7.52. The molecule has 2 N–H and O–H groups in total. The molecular formula is C14H21NO2S. The summed E-state index contributed by atoms with van der Waals surface area (Å²) in [5.74, 6) is 1.48. The lowest BCUT2D eigenvalue weighted by Gasteiger charge is -2.13. The summed E-state index contributed by atoms with van der Waals surface area (Å²) < 4.78 is 0. The summed E-state index contributed by atoms with van der Waals surface area (Å²) in [7, 11) is 0. The van der Waals surface area contributed by atoms with Crippen molar-refractivity contribution in [1.82, 2.24) is 5.32 Å². The summed E-state index contributed by atoms with van der Waals surface area (Å²) in [5, 5.41) is 12.2. The number of nitrogens with one attached hydrogen (secondary N) is 1. The molecule has 0 aliphatic rings. The van der Waals surface area contributed by atoms with Crippen molar-refractivity contribution in [2.45, 2.75) is 32.9 Å². The first kappa shape index (κ1) is 15.1. The van der Waals surface area contributed by atoms with E-state index in [0.29, 0.717) is 11.6 Å². The van der Waals surface area contributed by atoms with Crippen LogP contribution in [0.3, 0.4) is 0 Å². The van der Waals surface area contributed by atoms with Gasteiger partial charge in [0.15, 0.2) is 0 Å². The first-order valence-electron chi connectivity index (χ1n) is 6.26. The van der Waals surface area contributed by atoms with E-state index in [2.05, 4.69) is 19.2 Å². The van der Waals surface area contributed by atoms with Crippen molar-refractivity contribution in [3.8, 4) is 0 Å². The highest BCUT2D eigenvalue weighted by molar-refractivity contribution is 7.99. The molecule has 0 aliphatic heterocycles. The van der Waals surface area contributed by atoms with Crippen LogP contribution in [-0.4, -0.2) is 28.6 Å². The van der Waals surface area contributed by atoms with Crippen LogP contribution in [0.15, 0.2) is 24.3 Å². The summed E-state index contributed by atoms with van der Waals surface area (Å²) in [4.78, 5) is 10.7. The fourth-order valence-electron chi connectivity index (χ4n) is 1.56. The van der Waals surface area contributed by atoms with Crippen molar-refractivity contribution in [3.05, 3.63) is 35.4 Å². The monoisotopic (exact) mass is 267 g/mol. The Morgan fingerprint density at radius 1 is 1.39 bits per heavy atom. The molecular weight excluding hydrogens is 246 g/mol. The zero-order chi connectivity index (χ0) is 13.4. The van der Waals surface area contributed by atoms with Crippen molar-refractivity contribution in [2.24, 2.45) is 0 Å². The molecule has 4 heteroatoms. The molecule has 18 heavy (non-hydrogen) atoms. The molecule has 1 unspecified atom stereocenters. The fourth-order valence-corrected chi connectivity index (χ4v) is 2.37. The van der Waals surface area contributed by atoms with Gasteiger partial charge in [-0.3, -0.25) is 0 Å². The maximum atomic E-state index is 10.7. The second-order valence-electron chi connectivity index (χ2n) is 4.27. The zero-order valence-corrected chi connectivity index (χ0v) is 11.8. The second-order valence-corrected chi connectivity index (χ2v) is 5.66. The minimum atomic E-state index is -0.875. The predicted octanol–water partition coefficient (Wildman–Crippen LogP) is 3.01. The quantitative estimate of drug-likeness (QED) is 0.711. The molecule has 0 bridgehead atoms. The van der Waals surface area contributed by atoms with Gasteiger partial charge < -0.3 is 10.4 Å². The molecule has 0 heterocycles. The van der Waals surface area contributed by atoms with E-state index >= 15 is 0 Å². The Hall–Kier alpha value is -1.00. The Balaban J connectivity index is 2.32. The van der Waals surface area contributed by atoms with Gasteiger partial charge in [-0.2, -0.15) is 11.8 Å². The van der Waals surface area contributed by atoms with Gasteiger partial charge in [0.1, 0.15) is 0 Å². The molecule has 1 aromatic rings. The van der Waals surface area contributed by atoms with Crippen molar-refractivity contribution in [1.29, 1.82) is 0 Å². The van der Waals surface area contributed by atoms with E-state index in [0.717, 1.165) is 18.5 Å². The van der Waals surface area contributed by atoms with E-state index in [1.807, 2.05) is 23.9 Å². The van der Waals surface area contributed by atoms with Crippen molar-refractivity contribution in [3.63, 3.8) is 0 Å². The fraction of sp³-hybridized carbons (Fsp3) is 0.500. The molecule has 0 radical (unpaired) electrons. The smallest absolute Gasteiger partial charge is 0.335 e. The highest BCUT2D eigenvalue weighted by atomic mass is 32.2. The summed E-state index contributed by atoms with van der Waals surface area (Å²) in [5.41, 5.74) is 1.46. The maximum Gasteiger partial charge on any atom is 0.335 e. The molecule has 1 aromatic carbocycles. The van der Waals surface area contributed by atoms with Crippen LogP contribution in [0.4, 0.5) is 0 Å². The van der Waals surface area contributed by atoms with Crippen LogP contribution >= 0.6 is 11.8 Å². The molecule has 1 atom stereocenters. The van der Waals surface area contributed by atoms with Gasteiger partial charge in [-0.1, -0.05) is 19.1 Å². The summed E-state index contributed by atoms with van der Waals surface area (Å²) >= 11 is 1.96. The van der Waals surface area contributed by atoms with Crippen LogP contribution in [-0.2, 0) is 6.54 Å². The van der Waals surface area contributed by atoms with E-state index in [9.17, 15) is 4.79 Å². The minimum Gasteiger partial charge on any atom is -0.478 e. The van der Waals surface area contributed by atoms with Gasteiger partial charge >= 0.3 is 5.97 Å². The van der Waals surface area contributed by atoms with Crippen LogP contribution in [0.25, 0.3) is 0 Å². The number of carboxylic acid groups (broad SMARTS) is 1. The van der Waals surface area contributed by atoms with Crippen LogP contribution in [0, 0.1) is 0 Å². The molecule has 0 saturated carbocycles. The minimum absolute atomic E-state index is 0.339. The second kappa shape index (κ2) is 8.16. The number of hydrogen-bond donors (Lipinski definition) is 2. The Kier molecular flexibility index (Phi) is 6.83. The number of aromatic carboxylic acids is 1. The van der Waals surface area contributed by atoms with Gasteiger partial charge in [0.2, 0.25) is 0 Å². The van der Waals surface area contributed by atoms with Gasteiger partial charge in [0.25, 0.3) is 0 Å². The molecule has 1 rings (SSSR count). The number of benzene rings is 1. The molecule has 0 fully saturated rings. The van der Waals surface area contributed by atoms with E-state index in [1.54, 1.807) is 12.1 Å². The van der Waals surface area contributed by atoms with Crippen LogP contribution in [0.1, 0.15) is 36.2 Å². The van der Waals surface area contributed by atoms with E-state index in [-0.39, 0.29) is 0 Å². The highest BCUT2D eigenvalue weighted by Crippen LogP contribution is 2.07. The molecule has 0 spiro atoms. The molecule has 0 aliphatic carbocycles. The van der Waals surface area contributed by atoms with E-state index < -0.39 is 5.97 Å². The first-order chi connectivity index (χ1) is 8.63. The van der Waals surface area contributed by atoms with Gasteiger partial charge in [-0.15, -0.1) is 0 Å². The molecule has 0 aromatic heterocycles. The SMILES string of the molecule is CCSCCC(C)NCc1ccc(C(=O)O)cc1. The van der Waals surface area contributed by atoms with Crippen molar-refractivity contribution >= 4 is 17.7 Å². The number of carboxylic acids is 1. The third kappa shape index (κ3) is 5.56. The van der Waals surface area contributed by atoms with Crippen LogP contribution in [0.2, 0.25) is 0 Å². The average molecular weight is 267 g/mol. The Morgan fingerprint density at radius 3 is 2.61 bits per heavy atom. The zero-order valence-electron chi connectivity index (χ0n) is 11.0. The van der Waals surface area contributed by atoms with Crippen LogP contribution in [0.5, 0.6) is 0 Å². The van der Waals surface area contributed by atoms with Gasteiger partial charge in [-0.05, 0) is 42.5 Å². The number of thioether (sulfide) groups is 1. The lowest BCUT2D eigenvalue weighted by molar-refractivity contribution is 0.0697. The molecule has 3 nitrogen and oxygen atoms in total. The number of carbonyl (C=O) groups is 1. The maximum absolute atomic E-state index is 10.7. The van der Waals surface area contributed by atoms with Gasteiger partial charge in [0, 0.05) is 12.6 Å². The van der Waals surface area contributed by atoms with Crippen LogP contribution < -0.4 is 5.32 Å². The lowest BCUT2D eigenvalue weighted by Crippen LogP contribution is -2.26. The predicted molar refractivity (Wildman–Crippen MR) is 77.3 cm³/mol. The van der Waals surface area contributed by atoms with Crippen molar-refractivity contribution in [2.75, 3.05) is 11.5 Å². The average Bonchev–Trinajstić information content (AvgIpc) is 2.37. The Morgan fingerprint density at radius 2 is 2.06 bits per heavy atom.